The van der Waals surface area contributed by atoms with Crippen molar-refractivity contribution in [2.45, 2.75) is 37.0 Å². The van der Waals surface area contributed by atoms with E-state index in [4.69, 9.17) is 9.84 Å². The fourth-order valence-electron chi connectivity index (χ4n) is 4.37. The van der Waals surface area contributed by atoms with Crippen molar-refractivity contribution >= 4 is 30.3 Å². The van der Waals surface area contributed by atoms with Crippen LogP contribution >= 0.6 is 0 Å². The molecule has 3 unspecified atom stereocenters. The number of nitrogens with zero attached hydrogens (tertiary/aromatic N) is 2. The molecule has 170 valence electrons. The molecule has 2 fully saturated rings. The third kappa shape index (κ3) is 4.50. The first-order chi connectivity index (χ1) is 16.0. The molecule has 2 heterocycles. The molecule has 0 aromatic heterocycles. The average molecular weight is 448 g/mol. The summed E-state index contributed by atoms with van der Waals surface area (Å²) in [7, 11) is 0. The number of aldehydes is 1. The number of benzene rings is 2. The van der Waals surface area contributed by atoms with Crippen LogP contribution in [0.3, 0.4) is 0 Å². The minimum absolute atomic E-state index is 0.000466. The molecule has 2 aliphatic rings. The summed E-state index contributed by atoms with van der Waals surface area (Å²) in [6.45, 7) is 0.123. The van der Waals surface area contributed by atoms with Crippen molar-refractivity contribution in [3.05, 3.63) is 77.9 Å². The lowest BCUT2D eigenvalue weighted by Crippen LogP contribution is -2.72. The van der Waals surface area contributed by atoms with Gasteiger partial charge in [-0.05, 0) is 17.5 Å². The zero-order valence-corrected chi connectivity index (χ0v) is 17.8. The molecule has 2 amide bonds. The number of carboxylic acid groups (broad SMARTS) is 1. The molecule has 4 atom stereocenters. The maximum Gasteiger partial charge on any atom is 0.411 e. The van der Waals surface area contributed by atoms with Crippen molar-refractivity contribution in [2.24, 2.45) is 0 Å². The molecule has 0 saturated carbocycles. The Balaban J connectivity index is 1.66. The Morgan fingerprint density at radius 2 is 1.76 bits per heavy atom. The molecule has 0 aliphatic carbocycles. The molecular formula is C25H24N2O6. The number of cyclic esters (lactones) is 1. The number of ether oxygens (including phenoxy) is 1. The number of aliphatic carboxylic acids is 1. The van der Waals surface area contributed by atoms with E-state index in [-0.39, 0.29) is 19.4 Å². The maximum absolute atomic E-state index is 13.3. The molecule has 1 N–H and O–H groups in total. The van der Waals surface area contributed by atoms with Crippen molar-refractivity contribution in [2.75, 3.05) is 6.61 Å². The summed E-state index contributed by atoms with van der Waals surface area (Å²) in [5.74, 6) is -1.45. The Bertz CT molecular complexity index is 1060. The molecule has 33 heavy (non-hydrogen) atoms. The van der Waals surface area contributed by atoms with E-state index >= 15 is 0 Å². The van der Waals surface area contributed by atoms with Crippen molar-refractivity contribution in [3.8, 4) is 0 Å². The van der Waals surface area contributed by atoms with Crippen LogP contribution in [-0.2, 0) is 19.1 Å². The van der Waals surface area contributed by atoms with Crippen LogP contribution in [0, 0.1) is 0 Å². The average Bonchev–Trinajstić information content (AvgIpc) is 3.20. The number of carbonyl (C=O) groups excluding carboxylic acids is 3. The predicted molar refractivity (Wildman–Crippen MR) is 119 cm³/mol. The molecule has 0 bridgehead atoms. The third-order valence-corrected chi connectivity index (χ3v) is 6.00. The number of amides is 2. The summed E-state index contributed by atoms with van der Waals surface area (Å²) >= 11 is 0. The number of likely N-dealkylation sites (tertiary alicyclic amines) is 1. The SMILES string of the molecule is O=C[C@H](CCC(=O)O)N1C(=O)C(N2C(=O)OCC2c2ccccc2)C1/C=C/c1ccccc1. The van der Waals surface area contributed by atoms with Gasteiger partial charge in [-0.3, -0.25) is 14.5 Å². The number of carboxylic acids is 1. The smallest absolute Gasteiger partial charge is 0.411 e. The summed E-state index contributed by atoms with van der Waals surface area (Å²) in [5, 5.41) is 9.03. The van der Waals surface area contributed by atoms with Crippen molar-refractivity contribution in [1.82, 2.24) is 9.80 Å². The Hall–Kier alpha value is -3.94. The molecular weight excluding hydrogens is 424 g/mol. The second-order valence-electron chi connectivity index (χ2n) is 8.00. The fourth-order valence-corrected chi connectivity index (χ4v) is 4.37. The second kappa shape index (κ2) is 9.68. The molecule has 2 aromatic rings. The van der Waals surface area contributed by atoms with E-state index in [9.17, 15) is 19.2 Å². The number of hydrogen-bond donors (Lipinski definition) is 1. The maximum atomic E-state index is 13.3. The summed E-state index contributed by atoms with van der Waals surface area (Å²) in [6, 6.07) is 16.0. The molecule has 2 saturated heterocycles. The van der Waals surface area contributed by atoms with Crippen LogP contribution in [0.5, 0.6) is 0 Å². The quantitative estimate of drug-likeness (QED) is 0.467. The number of rotatable bonds is 9. The number of carbonyl (C=O) groups is 4. The first-order valence-electron chi connectivity index (χ1n) is 10.7. The molecule has 2 aromatic carbocycles. The summed E-state index contributed by atoms with van der Waals surface area (Å²) < 4.78 is 5.29. The molecule has 8 heteroatoms. The Kier molecular flexibility index (Phi) is 6.53. The van der Waals surface area contributed by atoms with Crippen LogP contribution in [0.1, 0.15) is 30.0 Å². The van der Waals surface area contributed by atoms with Crippen LogP contribution < -0.4 is 0 Å². The minimum Gasteiger partial charge on any atom is -0.481 e. The van der Waals surface area contributed by atoms with E-state index in [1.54, 1.807) is 6.08 Å². The monoisotopic (exact) mass is 448 g/mol. The normalized spacial score (nSPS) is 23.3. The summed E-state index contributed by atoms with van der Waals surface area (Å²) in [4.78, 5) is 51.6. The zero-order valence-electron chi connectivity index (χ0n) is 17.8. The van der Waals surface area contributed by atoms with E-state index < -0.39 is 42.1 Å². The highest BCUT2D eigenvalue weighted by atomic mass is 16.6. The van der Waals surface area contributed by atoms with Gasteiger partial charge in [-0.1, -0.05) is 72.8 Å². The molecule has 0 radical (unpaired) electrons. The van der Waals surface area contributed by atoms with Crippen LogP contribution in [-0.4, -0.2) is 63.9 Å². The van der Waals surface area contributed by atoms with Gasteiger partial charge in [-0.15, -0.1) is 0 Å². The second-order valence-corrected chi connectivity index (χ2v) is 8.00. The van der Waals surface area contributed by atoms with Gasteiger partial charge in [0.2, 0.25) is 5.91 Å². The Morgan fingerprint density at radius 3 is 2.39 bits per heavy atom. The zero-order chi connectivity index (χ0) is 23.4. The van der Waals surface area contributed by atoms with Crippen molar-refractivity contribution < 1.29 is 29.0 Å². The van der Waals surface area contributed by atoms with Gasteiger partial charge in [0.25, 0.3) is 0 Å². The van der Waals surface area contributed by atoms with Gasteiger partial charge < -0.3 is 19.5 Å². The van der Waals surface area contributed by atoms with Gasteiger partial charge >= 0.3 is 12.1 Å². The largest absolute Gasteiger partial charge is 0.481 e. The summed E-state index contributed by atoms with van der Waals surface area (Å²) in [5.41, 5.74) is 1.74. The van der Waals surface area contributed by atoms with E-state index in [2.05, 4.69) is 0 Å². The molecule has 2 aliphatic heterocycles. The Morgan fingerprint density at radius 1 is 1.09 bits per heavy atom. The fraction of sp³-hybridized carbons (Fsp3) is 0.280. The van der Waals surface area contributed by atoms with E-state index in [0.29, 0.717) is 6.29 Å². The van der Waals surface area contributed by atoms with Crippen LogP contribution in [0.15, 0.2) is 66.7 Å². The van der Waals surface area contributed by atoms with Crippen LogP contribution in [0.2, 0.25) is 0 Å². The van der Waals surface area contributed by atoms with Gasteiger partial charge in [-0.25, -0.2) is 4.79 Å². The molecule has 0 spiro atoms. The van der Waals surface area contributed by atoms with Crippen molar-refractivity contribution in [3.63, 3.8) is 0 Å². The van der Waals surface area contributed by atoms with Gasteiger partial charge in [0.1, 0.15) is 18.9 Å². The highest BCUT2D eigenvalue weighted by Crippen LogP contribution is 2.38. The van der Waals surface area contributed by atoms with E-state index in [0.717, 1.165) is 11.1 Å². The number of β-lactam (4-membered cyclic amide) rings is 1. The van der Waals surface area contributed by atoms with Crippen LogP contribution in [0.4, 0.5) is 4.79 Å². The minimum atomic E-state index is -1.05. The molecule has 4 rings (SSSR count). The third-order valence-electron chi connectivity index (χ3n) is 6.00. The van der Waals surface area contributed by atoms with Gasteiger partial charge in [-0.2, -0.15) is 0 Å². The van der Waals surface area contributed by atoms with Crippen molar-refractivity contribution in [1.29, 1.82) is 0 Å². The first kappa shape index (κ1) is 22.3. The van der Waals surface area contributed by atoms with Crippen LogP contribution in [0.25, 0.3) is 6.08 Å². The standard InChI is InChI=1S/C25H24N2O6/c28-15-19(12-14-22(29)30)26-20(13-11-17-7-3-1-4-8-17)23(24(26)31)27-21(16-33-25(27)32)18-9-5-2-6-10-18/h1-11,13,15,19-21,23H,12,14,16H2,(H,29,30)/b13-11+/t19-,20?,21?,23?/m0/s1. The van der Waals surface area contributed by atoms with E-state index in [1.165, 1.54) is 9.80 Å². The van der Waals surface area contributed by atoms with Gasteiger partial charge in [0, 0.05) is 6.42 Å². The lowest BCUT2D eigenvalue weighted by molar-refractivity contribution is -0.161. The topological polar surface area (TPSA) is 104 Å². The lowest BCUT2D eigenvalue weighted by Gasteiger charge is -2.51. The Labute approximate surface area is 191 Å². The van der Waals surface area contributed by atoms with Gasteiger partial charge in [0.15, 0.2) is 0 Å². The number of hydrogen-bond acceptors (Lipinski definition) is 5. The first-order valence-corrected chi connectivity index (χ1v) is 10.7. The highest BCUT2D eigenvalue weighted by molar-refractivity contribution is 5.96. The predicted octanol–water partition coefficient (Wildman–Crippen LogP) is 2.91. The highest BCUT2D eigenvalue weighted by Gasteiger charge is 2.56. The molecule has 8 nitrogen and oxygen atoms in total. The van der Waals surface area contributed by atoms with E-state index in [1.807, 2.05) is 66.7 Å². The lowest BCUT2D eigenvalue weighted by atomic mass is 9.87. The van der Waals surface area contributed by atoms with Gasteiger partial charge in [0.05, 0.1) is 18.1 Å². The summed E-state index contributed by atoms with van der Waals surface area (Å²) in [6.07, 6.45) is 3.37.